The minimum absolute atomic E-state index is 0.00602. The van der Waals surface area contributed by atoms with Gasteiger partial charge in [0.1, 0.15) is 0 Å². The number of aryl methyl sites for hydroxylation is 2. The van der Waals surface area contributed by atoms with Crippen LogP contribution in [0.3, 0.4) is 0 Å². The van der Waals surface area contributed by atoms with Gasteiger partial charge >= 0.3 is 0 Å². The van der Waals surface area contributed by atoms with Crippen molar-refractivity contribution in [3.05, 3.63) is 70.3 Å². The summed E-state index contributed by atoms with van der Waals surface area (Å²) < 4.78 is 6.92. The molecule has 1 fully saturated rings. The van der Waals surface area contributed by atoms with E-state index in [-0.39, 0.29) is 17.9 Å². The summed E-state index contributed by atoms with van der Waals surface area (Å²) in [6.45, 7) is 6.11. The Hall–Kier alpha value is -3.19. The van der Waals surface area contributed by atoms with Crippen LogP contribution >= 0.6 is 0 Å². The molecule has 3 aromatic rings. The lowest BCUT2D eigenvalue weighted by atomic mass is 10.1. The summed E-state index contributed by atoms with van der Waals surface area (Å²) in [5, 5.41) is 0.587. The van der Waals surface area contributed by atoms with Gasteiger partial charge in [0.25, 0.3) is 5.56 Å². The average molecular weight is 421 g/mol. The molecule has 0 saturated carbocycles. The van der Waals surface area contributed by atoms with Gasteiger partial charge in [-0.25, -0.2) is 4.98 Å². The molecule has 0 atom stereocenters. The summed E-state index contributed by atoms with van der Waals surface area (Å²) in [6, 6.07) is 13.9. The number of benzene rings is 2. The lowest BCUT2D eigenvalue weighted by Crippen LogP contribution is -2.36. The van der Waals surface area contributed by atoms with Gasteiger partial charge < -0.3 is 14.5 Å². The van der Waals surface area contributed by atoms with Crippen molar-refractivity contribution in [3.63, 3.8) is 0 Å². The molecular weight excluding hydrogens is 392 g/mol. The minimum atomic E-state index is -0.108. The van der Waals surface area contributed by atoms with Gasteiger partial charge in [0.05, 0.1) is 30.4 Å². The second-order valence-corrected chi connectivity index (χ2v) is 7.98. The molecule has 1 aliphatic heterocycles. The molecular formula is C24H28N4O3. The first-order valence-corrected chi connectivity index (χ1v) is 10.6. The van der Waals surface area contributed by atoms with E-state index in [0.29, 0.717) is 24.0 Å². The third-order valence-corrected chi connectivity index (χ3v) is 5.78. The van der Waals surface area contributed by atoms with Crippen LogP contribution in [0.15, 0.2) is 53.6 Å². The molecule has 2 aromatic carbocycles. The molecule has 0 radical (unpaired) electrons. The first-order chi connectivity index (χ1) is 15.0. The van der Waals surface area contributed by atoms with Crippen molar-refractivity contribution in [1.82, 2.24) is 14.5 Å². The number of morpholine rings is 1. The highest BCUT2D eigenvalue weighted by molar-refractivity contribution is 5.80. The standard InChI is InChI=1S/C24H28N4O3/c1-18-4-3-5-21-23(18)25-17-28(24(21)30)11-10-22(29)26(2)16-19-6-8-20(9-7-19)27-12-14-31-15-13-27/h3-9,17H,10-16H2,1-2H3. The smallest absolute Gasteiger partial charge is 0.261 e. The largest absolute Gasteiger partial charge is 0.378 e. The van der Waals surface area contributed by atoms with Crippen LogP contribution in [0.1, 0.15) is 17.5 Å². The van der Waals surface area contributed by atoms with Crippen molar-refractivity contribution in [3.8, 4) is 0 Å². The predicted molar refractivity (Wildman–Crippen MR) is 121 cm³/mol. The van der Waals surface area contributed by atoms with E-state index in [1.807, 2.05) is 19.1 Å². The molecule has 1 aromatic heterocycles. The van der Waals surface area contributed by atoms with Crippen molar-refractivity contribution in [2.45, 2.75) is 26.4 Å². The minimum Gasteiger partial charge on any atom is -0.378 e. The number of fused-ring (bicyclic) bond motifs is 1. The van der Waals surface area contributed by atoms with Gasteiger partial charge in [-0.3, -0.25) is 14.2 Å². The fraction of sp³-hybridized carbons (Fsp3) is 0.375. The van der Waals surface area contributed by atoms with Crippen LogP contribution in [-0.4, -0.2) is 53.7 Å². The van der Waals surface area contributed by atoms with Gasteiger partial charge in [0.15, 0.2) is 0 Å². The fourth-order valence-electron chi connectivity index (χ4n) is 3.90. The molecule has 0 spiro atoms. The van der Waals surface area contributed by atoms with E-state index in [0.717, 1.165) is 37.4 Å². The summed E-state index contributed by atoms with van der Waals surface area (Å²) in [5.74, 6) is -0.00602. The summed E-state index contributed by atoms with van der Waals surface area (Å²) in [6.07, 6.45) is 1.79. The third-order valence-electron chi connectivity index (χ3n) is 5.78. The van der Waals surface area contributed by atoms with Crippen molar-refractivity contribution < 1.29 is 9.53 Å². The van der Waals surface area contributed by atoms with Crippen LogP contribution in [0.5, 0.6) is 0 Å². The van der Waals surface area contributed by atoms with Crippen LogP contribution < -0.4 is 10.5 Å². The SMILES string of the molecule is Cc1cccc2c(=O)n(CCC(=O)N(C)Cc3ccc(N4CCOCC4)cc3)cnc12. The molecule has 0 bridgehead atoms. The van der Waals surface area contributed by atoms with Crippen molar-refractivity contribution in [2.75, 3.05) is 38.3 Å². The summed E-state index contributed by atoms with van der Waals surface area (Å²) in [7, 11) is 1.79. The molecule has 162 valence electrons. The van der Waals surface area contributed by atoms with Gasteiger partial charge in [-0.1, -0.05) is 24.3 Å². The molecule has 0 N–H and O–H groups in total. The Morgan fingerprint density at radius 1 is 1.13 bits per heavy atom. The summed E-state index contributed by atoms with van der Waals surface area (Å²) in [5.41, 5.74) is 3.83. The van der Waals surface area contributed by atoms with E-state index < -0.39 is 0 Å². The predicted octanol–water partition coefficient (Wildman–Crippen LogP) is 2.59. The first-order valence-electron chi connectivity index (χ1n) is 10.6. The number of carbonyl (C=O) groups is 1. The average Bonchev–Trinajstić information content (AvgIpc) is 2.80. The maximum absolute atomic E-state index is 12.7. The number of anilines is 1. The fourth-order valence-corrected chi connectivity index (χ4v) is 3.90. The Morgan fingerprint density at radius 3 is 2.61 bits per heavy atom. The zero-order valence-corrected chi connectivity index (χ0v) is 18.1. The number of rotatable bonds is 6. The van der Waals surface area contributed by atoms with E-state index in [4.69, 9.17) is 4.74 Å². The lowest BCUT2D eigenvalue weighted by Gasteiger charge is -2.29. The third kappa shape index (κ3) is 4.77. The van der Waals surface area contributed by atoms with E-state index in [1.165, 1.54) is 16.6 Å². The van der Waals surface area contributed by atoms with E-state index in [1.54, 1.807) is 18.0 Å². The van der Waals surface area contributed by atoms with Crippen molar-refractivity contribution >= 4 is 22.5 Å². The highest BCUT2D eigenvalue weighted by Crippen LogP contribution is 2.17. The summed E-state index contributed by atoms with van der Waals surface area (Å²) in [4.78, 5) is 33.7. The van der Waals surface area contributed by atoms with E-state index in [9.17, 15) is 9.59 Å². The molecule has 0 aliphatic carbocycles. The van der Waals surface area contributed by atoms with Gasteiger partial charge in [0, 0.05) is 45.3 Å². The summed E-state index contributed by atoms with van der Waals surface area (Å²) >= 11 is 0. The van der Waals surface area contributed by atoms with Crippen molar-refractivity contribution in [1.29, 1.82) is 0 Å². The van der Waals surface area contributed by atoms with Crippen LogP contribution in [0.25, 0.3) is 10.9 Å². The molecule has 1 aliphatic rings. The maximum Gasteiger partial charge on any atom is 0.261 e. The number of nitrogens with zero attached hydrogens (tertiary/aromatic N) is 4. The number of hydrogen-bond acceptors (Lipinski definition) is 5. The van der Waals surface area contributed by atoms with Crippen molar-refractivity contribution in [2.24, 2.45) is 0 Å². The zero-order chi connectivity index (χ0) is 21.8. The second kappa shape index (κ2) is 9.31. The number of amides is 1. The highest BCUT2D eigenvalue weighted by Gasteiger charge is 2.13. The molecule has 7 nitrogen and oxygen atoms in total. The van der Waals surface area contributed by atoms with Crippen LogP contribution in [0.2, 0.25) is 0 Å². The molecule has 4 rings (SSSR count). The lowest BCUT2D eigenvalue weighted by molar-refractivity contribution is -0.130. The Balaban J connectivity index is 1.35. The Morgan fingerprint density at radius 2 is 1.87 bits per heavy atom. The molecule has 0 unspecified atom stereocenters. The first kappa shape index (κ1) is 21.1. The van der Waals surface area contributed by atoms with E-state index in [2.05, 4.69) is 34.1 Å². The Bertz CT molecular complexity index is 1120. The topological polar surface area (TPSA) is 67.7 Å². The van der Waals surface area contributed by atoms with Crippen LogP contribution in [0.4, 0.5) is 5.69 Å². The van der Waals surface area contributed by atoms with Gasteiger partial charge in [-0.2, -0.15) is 0 Å². The molecule has 31 heavy (non-hydrogen) atoms. The molecule has 1 saturated heterocycles. The van der Waals surface area contributed by atoms with Crippen LogP contribution in [0, 0.1) is 6.92 Å². The number of para-hydroxylation sites is 1. The normalized spacial score (nSPS) is 14.1. The van der Waals surface area contributed by atoms with Crippen LogP contribution in [-0.2, 0) is 22.6 Å². The van der Waals surface area contributed by atoms with Gasteiger partial charge in [-0.05, 0) is 36.2 Å². The second-order valence-electron chi connectivity index (χ2n) is 7.98. The number of carbonyl (C=O) groups excluding carboxylic acids is 1. The van der Waals surface area contributed by atoms with Gasteiger partial charge in [-0.15, -0.1) is 0 Å². The molecule has 7 heteroatoms. The number of ether oxygens (including phenoxy) is 1. The molecule has 2 heterocycles. The maximum atomic E-state index is 12.7. The van der Waals surface area contributed by atoms with Gasteiger partial charge in [0.2, 0.25) is 5.91 Å². The Kier molecular flexibility index (Phi) is 6.32. The zero-order valence-electron chi connectivity index (χ0n) is 18.1. The van der Waals surface area contributed by atoms with E-state index >= 15 is 0 Å². The quantitative estimate of drug-likeness (QED) is 0.613. The number of aromatic nitrogens is 2. The monoisotopic (exact) mass is 420 g/mol. The highest BCUT2D eigenvalue weighted by atomic mass is 16.5. The Labute approximate surface area is 181 Å². The number of hydrogen-bond donors (Lipinski definition) is 0. The molecule has 1 amide bonds.